The lowest BCUT2D eigenvalue weighted by atomic mass is 9.91. The van der Waals surface area contributed by atoms with Crippen LogP contribution in [0.15, 0.2) is 90.5 Å². The highest BCUT2D eigenvalue weighted by Crippen LogP contribution is 2.46. The summed E-state index contributed by atoms with van der Waals surface area (Å²) >= 11 is 6.09. The molecule has 7 heteroatoms. The molecule has 0 radical (unpaired) electrons. The third-order valence-corrected chi connectivity index (χ3v) is 6.58. The Morgan fingerprint density at radius 2 is 1.44 bits per heavy atom. The minimum Gasteiger partial charge on any atom is -0.506 e. The van der Waals surface area contributed by atoms with Gasteiger partial charge in [0.15, 0.2) is 0 Å². The number of aliphatic hydroxyl groups excluding tert-OH is 1. The second-order valence-electron chi connectivity index (χ2n) is 8.25. The Hall–Kier alpha value is -4.29. The van der Waals surface area contributed by atoms with Crippen molar-refractivity contribution < 1.29 is 24.2 Å². The van der Waals surface area contributed by atoms with Crippen LogP contribution in [0.2, 0.25) is 5.02 Å². The second kappa shape index (κ2) is 9.40. The maximum Gasteiger partial charge on any atom is 0.300 e. The predicted molar refractivity (Wildman–Crippen MR) is 140 cm³/mol. The van der Waals surface area contributed by atoms with E-state index in [0.717, 1.165) is 10.8 Å². The van der Waals surface area contributed by atoms with Gasteiger partial charge in [-0.3, -0.25) is 14.5 Å². The molecule has 1 saturated heterocycles. The highest BCUT2D eigenvalue weighted by molar-refractivity contribution is 6.52. The van der Waals surface area contributed by atoms with Gasteiger partial charge in [-0.25, -0.2) is 0 Å². The molecule has 36 heavy (non-hydrogen) atoms. The van der Waals surface area contributed by atoms with Gasteiger partial charge in [0.05, 0.1) is 25.8 Å². The Labute approximate surface area is 212 Å². The summed E-state index contributed by atoms with van der Waals surface area (Å²) in [6.07, 6.45) is 0. The molecule has 6 nitrogen and oxygen atoms in total. The highest BCUT2D eigenvalue weighted by atomic mass is 35.5. The number of halogens is 1. The van der Waals surface area contributed by atoms with Crippen molar-refractivity contribution >= 4 is 45.5 Å². The number of carbonyl (C=O) groups excluding carboxylic acids is 2. The summed E-state index contributed by atoms with van der Waals surface area (Å²) < 4.78 is 10.9. The maximum absolute atomic E-state index is 13.6. The van der Waals surface area contributed by atoms with Gasteiger partial charge >= 0.3 is 0 Å². The van der Waals surface area contributed by atoms with Crippen molar-refractivity contribution in [1.82, 2.24) is 0 Å². The number of carbonyl (C=O) groups is 2. The molecule has 1 N–H and O–H groups in total. The van der Waals surface area contributed by atoms with Gasteiger partial charge in [0.1, 0.15) is 22.8 Å². The smallest absolute Gasteiger partial charge is 0.300 e. The summed E-state index contributed by atoms with van der Waals surface area (Å²) in [5, 5.41) is 13.9. The quantitative estimate of drug-likeness (QED) is 0.203. The van der Waals surface area contributed by atoms with Crippen LogP contribution in [-0.2, 0) is 9.59 Å². The zero-order chi connectivity index (χ0) is 25.4. The van der Waals surface area contributed by atoms with E-state index in [0.29, 0.717) is 27.8 Å². The van der Waals surface area contributed by atoms with E-state index < -0.39 is 17.7 Å². The molecule has 1 aliphatic rings. The van der Waals surface area contributed by atoms with E-state index in [1.807, 2.05) is 42.5 Å². The SMILES string of the molecule is COc1cccc(OC)c1/C(O)=C1\C(=O)C(=O)N(c2ccc(Cl)cc2)C1c1cccc2ccccc12. The van der Waals surface area contributed by atoms with E-state index in [-0.39, 0.29) is 16.9 Å². The summed E-state index contributed by atoms with van der Waals surface area (Å²) in [6.45, 7) is 0. The number of amides is 1. The molecule has 1 heterocycles. The number of hydrogen-bond acceptors (Lipinski definition) is 5. The Morgan fingerprint density at radius 3 is 2.11 bits per heavy atom. The van der Waals surface area contributed by atoms with Crippen LogP contribution in [0.25, 0.3) is 16.5 Å². The summed E-state index contributed by atoms with van der Waals surface area (Å²) in [4.78, 5) is 28.5. The molecule has 1 unspecified atom stereocenters. The van der Waals surface area contributed by atoms with Crippen molar-refractivity contribution in [2.24, 2.45) is 0 Å². The third-order valence-electron chi connectivity index (χ3n) is 6.33. The lowest BCUT2D eigenvalue weighted by Crippen LogP contribution is -2.29. The molecular formula is C29H22ClNO5. The fourth-order valence-corrected chi connectivity index (χ4v) is 4.83. The highest BCUT2D eigenvalue weighted by Gasteiger charge is 2.48. The van der Waals surface area contributed by atoms with Gasteiger partial charge in [0.2, 0.25) is 0 Å². The van der Waals surface area contributed by atoms with Crippen LogP contribution in [0.3, 0.4) is 0 Å². The molecule has 1 aliphatic heterocycles. The molecule has 1 atom stereocenters. The van der Waals surface area contributed by atoms with Gasteiger partial charge in [-0.1, -0.05) is 60.1 Å². The molecule has 4 aromatic rings. The number of hydrogen-bond donors (Lipinski definition) is 1. The van der Waals surface area contributed by atoms with Crippen molar-refractivity contribution in [2.75, 3.05) is 19.1 Å². The lowest BCUT2D eigenvalue weighted by Gasteiger charge is -2.27. The number of ether oxygens (including phenoxy) is 2. The number of benzene rings is 4. The molecular weight excluding hydrogens is 478 g/mol. The van der Waals surface area contributed by atoms with Crippen LogP contribution in [0.4, 0.5) is 5.69 Å². The molecule has 4 aromatic carbocycles. The zero-order valence-electron chi connectivity index (χ0n) is 19.6. The van der Waals surface area contributed by atoms with Gasteiger partial charge in [0, 0.05) is 10.7 Å². The van der Waals surface area contributed by atoms with Crippen LogP contribution in [0.1, 0.15) is 17.2 Å². The fraction of sp³-hybridized carbons (Fsp3) is 0.103. The van der Waals surface area contributed by atoms with E-state index in [4.69, 9.17) is 21.1 Å². The number of nitrogens with zero attached hydrogens (tertiary/aromatic N) is 1. The van der Waals surface area contributed by atoms with Crippen molar-refractivity contribution in [2.45, 2.75) is 6.04 Å². The summed E-state index contributed by atoms with van der Waals surface area (Å²) in [5.74, 6) is -1.33. The van der Waals surface area contributed by atoms with Crippen molar-refractivity contribution in [3.05, 3.63) is 107 Å². The van der Waals surface area contributed by atoms with E-state index >= 15 is 0 Å². The maximum atomic E-state index is 13.6. The molecule has 1 fully saturated rings. The summed E-state index contributed by atoms with van der Waals surface area (Å²) in [7, 11) is 2.92. The van der Waals surface area contributed by atoms with Gasteiger partial charge in [0.25, 0.3) is 11.7 Å². The molecule has 0 aromatic heterocycles. The van der Waals surface area contributed by atoms with Crippen LogP contribution in [0.5, 0.6) is 11.5 Å². The largest absolute Gasteiger partial charge is 0.506 e. The van der Waals surface area contributed by atoms with Crippen LogP contribution >= 0.6 is 11.6 Å². The van der Waals surface area contributed by atoms with Gasteiger partial charge in [-0.05, 0) is 52.7 Å². The number of anilines is 1. The fourth-order valence-electron chi connectivity index (χ4n) is 4.70. The standard InChI is InChI=1S/C29H22ClNO5/c1-35-22-11-6-12-23(36-2)24(22)27(32)25-26(21-10-5-8-17-7-3-4-9-20(17)21)31(29(34)28(25)33)19-15-13-18(30)14-16-19/h3-16,26,32H,1-2H3/b27-25+. The number of Topliss-reactive ketones (excluding diaryl/α,β-unsaturated/α-hetero) is 1. The average molecular weight is 500 g/mol. The Kier molecular flexibility index (Phi) is 6.12. The molecule has 0 spiro atoms. The van der Waals surface area contributed by atoms with Crippen molar-refractivity contribution in [3.63, 3.8) is 0 Å². The van der Waals surface area contributed by atoms with Crippen molar-refractivity contribution in [3.8, 4) is 11.5 Å². The predicted octanol–water partition coefficient (Wildman–Crippen LogP) is 6.14. The zero-order valence-corrected chi connectivity index (χ0v) is 20.3. The van der Waals surface area contributed by atoms with Crippen LogP contribution < -0.4 is 14.4 Å². The first-order valence-electron chi connectivity index (χ1n) is 11.2. The number of rotatable bonds is 5. The topological polar surface area (TPSA) is 76.1 Å². The summed E-state index contributed by atoms with van der Waals surface area (Å²) in [5.41, 5.74) is 1.30. The van der Waals surface area contributed by atoms with Crippen LogP contribution in [-0.4, -0.2) is 31.0 Å². The number of aliphatic hydroxyl groups is 1. The van der Waals surface area contributed by atoms with Gasteiger partial charge < -0.3 is 14.6 Å². The number of fused-ring (bicyclic) bond motifs is 1. The Bertz CT molecular complexity index is 1500. The average Bonchev–Trinajstić information content (AvgIpc) is 3.17. The first-order chi connectivity index (χ1) is 17.5. The van der Waals surface area contributed by atoms with E-state index in [2.05, 4.69) is 0 Å². The van der Waals surface area contributed by atoms with Crippen molar-refractivity contribution in [1.29, 1.82) is 0 Å². The minimum atomic E-state index is -0.910. The number of methoxy groups -OCH3 is 2. The molecule has 0 bridgehead atoms. The third kappa shape index (κ3) is 3.76. The minimum absolute atomic E-state index is 0.0610. The van der Waals surface area contributed by atoms with E-state index in [1.54, 1.807) is 42.5 Å². The molecule has 5 rings (SSSR count). The van der Waals surface area contributed by atoms with E-state index in [1.165, 1.54) is 19.1 Å². The van der Waals surface area contributed by atoms with Gasteiger partial charge in [-0.2, -0.15) is 0 Å². The van der Waals surface area contributed by atoms with Gasteiger partial charge in [-0.15, -0.1) is 0 Å². The summed E-state index contributed by atoms with van der Waals surface area (Å²) in [6, 6.07) is 24.1. The molecule has 0 saturated carbocycles. The Morgan fingerprint density at radius 1 is 0.833 bits per heavy atom. The first kappa shape index (κ1) is 23.5. The second-order valence-corrected chi connectivity index (χ2v) is 8.69. The number of ketones is 1. The lowest BCUT2D eigenvalue weighted by molar-refractivity contribution is -0.132. The Balaban J connectivity index is 1.85. The monoisotopic (exact) mass is 499 g/mol. The normalized spacial score (nSPS) is 17.0. The molecule has 1 amide bonds. The molecule has 0 aliphatic carbocycles. The van der Waals surface area contributed by atoms with E-state index in [9.17, 15) is 14.7 Å². The first-order valence-corrected chi connectivity index (χ1v) is 11.6. The molecule has 180 valence electrons. The van der Waals surface area contributed by atoms with Crippen LogP contribution in [0, 0.1) is 0 Å².